The summed E-state index contributed by atoms with van der Waals surface area (Å²) >= 11 is 0. The van der Waals surface area contributed by atoms with Crippen LogP contribution >= 0.6 is 0 Å². The van der Waals surface area contributed by atoms with Gasteiger partial charge in [-0.05, 0) is 42.9 Å². The lowest BCUT2D eigenvalue weighted by atomic mass is 9.67. The molecule has 0 amide bonds. The van der Waals surface area contributed by atoms with Crippen molar-refractivity contribution in [2.45, 2.75) is 37.5 Å². The van der Waals surface area contributed by atoms with Gasteiger partial charge in [0.05, 0.1) is 11.4 Å². The van der Waals surface area contributed by atoms with Crippen molar-refractivity contribution >= 4 is 10.0 Å². The van der Waals surface area contributed by atoms with E-state index in [0.717, 1.165) is 19.3 Å². The molecule has 21 heavy (non-hydrogen) atoms. The molecule has 1 aromatic rings. The maximum atomic E-state index is 12.4. The maximum Gasteiger partial charge on any atom is 0.240 e. The fourth-order valence-electron chi connectivity index (χ4n) is 2.56. The number of nitrogens with two attached hydrogens (primary N) is 1. The van der Waals surface area contributed by atoms with E-state index < -0.39 is 10.0 Å². The van der Waals surface area contributed by atoms with Crippen LogP contribution in [0.15, 0.2) is 29.2 Å². The van der Waals surface area contributed by atoms with Crippen molar-refractivity contribution < 1.29 is 8.42 Å². The molecule has 3 N–H and O–H groups in total. The molecule has 114 valence electrons. The molecule has 0 unspecified atom stereocenters. The second-order valence-electron chi connectivity index (χ2n) is 5.57. The minimum absolute atomic E-state index is 0.157. The number of hydrogen-bond acceptors (Lipinski definition) is 3. The molecule has 0 radical (unpaired) electrons. The monoisotopic (exact) mass is 306 g/mol. The van der Waals surface area contributed by atoms with Gasteiger partial charge in [0.25, 0.3) is 0 Å². The SMILES string of the molecule is CCC1(CNS(=O)(=O)c2cccc(C#CCN)c2)CCC1. The predicted molar refractivity (Wildman–Crippen MR) is 84.1 cm³/mol. The van der Waals surface area contributed by atoms with Crippen LogP contribution in [-0.4, -0.2) is 21.5 Å². The van der Waals surface area contributed by atoms with Crippen molar-refractivity contribution in [2.24, 2.45) is 11.1 Å². The summed E-state index contributed by atoms with van der Waals surface area (Å²) in [4.78, 5) is 0.261. The number of sulfonamides is 1. The Morgan fingerprint density at radius 1 is 1.38 bits per heavy atom. The Labute approximate surface area is 127 Å². The van der Waals surface area contributed by atoms with Crippen LogP contribution in [0.4, 0.5) is 0 Å². The maximum absolute atomic E-state index is 12.4. The van der Waals surface area contributed by atoms with Crippen LogP contribution in [0, 0.1) is 17.3 Å². The minimum Gasteiger partial charge on any atom is -0.320 e. The molecule has 4 nitrogen and oxygen atoms in total. The molecule has 0 spiro atoms. The molecule has 5 heteroatoms. The molecule has 0 aromatic heterocycles. The predicted octanol–water partition coefficient (Wildman–Crippen LogP) is 1.86. The Hall–Kier alpha value is -1.35. The fraction of sp³-hybridized carbons (Fsp3) is 0.500. The highest BCUT2D eigenvalue weighted by Gasteiger charge is 2.36. The van der Waals surface area contributed by atoms with Gasteiger partial charge in [0, 0.05) is 12.1 Å². The van der Waals surface area contributed by atoms with Gasteiger partial charge in [-0.1, -0.05) is 31.3 Å². The van der Waals surface area contributed by atoms with E-state index in [9.17, 15) is 8.42 Å². The first-order valence-electron chi connectivity index (χ1n) is 7.30. The standard InChI is InChI=1S/C16H22N2O2S/c1-2-16(9-5-10-16)13-18-21(19,20)15-8-3-6-14(12-15)7-4-11-17/h3,6,8,12,18H,2,5,9-11,13,17H2,1H3. The van der Waals surface area contributed by atoms with E-state index in [1.54, 1.807) is 24.3 Å². The van der Waals surface area contributed by atoms with E-state index >= 15 is 0 Å². The molecule has 1 aliphatic carbocycles. The molecule has 1 fully saturated rings. The zero-order valence-electron chi connectivity index (χ0n) is 12.4. The van der Waals surface area contributed by atoms with E-state index in [-0.39, 0.29) is 16.9 Å². The quantitative estimate of drug-likeness (QED) is 0.816. The molecule has 0 saturated heterocycles. The van der Waals surface area contributed by atoms with Gasteiger partial charge in [-0.25, -0.2) is 13.1 Å². The lowest BCUT2D eigenvalue weighted by molar-refractivity contribution is 0.133. The molecule has 1 aromatic carbocycles. The largest absolute Gasteiger partial charge is 0.320 e. The van der Waals surface area contributed by atoms with Gasteiger partial charge in [-0.2, -0.15) is 0 Å². The van der Waals surface area contributed by atoms with Crippen LogP contribution in [-0.2, 0) is 10.0 Å². The molecule has 0 heterocycles. The highest BCUT2D eigenvalue weighted by atomic mass is 32.2. The molecular weight excluding hydrogens is 284 g/mol. The summed E-state index contributed by atoms with van der Waals surface area (Å²) in [5.41, 5.74) is 6.15. The zero-order valence-corrected chi connectivity index (χ0v) is 13.2. The highest BCUT2D eigenvalue weighted by molar-refractivity contribution is 7.89. The van der Waals surface area contributed by atoms with Gasteiger partial charge in [-0.3, -0.25) is 0 Å². The van der Waals surface area contributed by atoms with E-state index in [1.165, 1.54) is 6.42 Å². The Bertz CT molecular complexity index is 647. The first kappa shape index (κ1) is 16.0. The van der Waals surface area contributed by atoms with Crippen LogP contribution < -0.4 is 10.5 Å². The third-order valence-corrected chi connectivity index (χ3v) is 5.68. The summed E-state index contributed by atoms with van der Waals surface area (Å²) in [6, 6.07) is 6.66. The van der Waals surface area contributed by atoms with Crippen molar-refractivity contribution in [2.75, 3.05) is 13.1 Å². The zero-order chi connectivity index (χ0) is 15.3. The lowest BCUT2D eigenvalue weighted by Gasteiger charge is -2.41. The van der Waals surface area contributed by atoms with Crippen LogP contribution in [0.1, 0.15) is 38.2 Å². The van der Waals surface area contributed by atoms with Crippen LogP contribution in [0.5, 0.6) is 0 Å². The first-order chi connectivity index (χ1) is 10.0. The van der Waals surface area contributed by atoms with Crippen molar-refractivity contribution in [1.82, 2.24) is 4.72 Å². The summed E-state index contributed by atoms with van der Waals surface area (Å²) in [6.45, 7) is 2.90. The summed E-state index contributed by atoms with van der Waals surface area (Å²) < 4.78 is 27.5. The van der Waals surface area contributed by atoms with Crippen molar-refractivity contribution in [3.63, 3.8) is 0 Å². The number of rotatable bonds is 5. The van der Waals surface area contributed by atoms with Crippen LogP contribution in [0.3, 0.4) is 0 Å². The summed E-state index contributed by atoms with van der Waals surface area (Å²) in [5.74, 6) is 5.58. The third-order valence-electron chi connectivity index (χ3n) is 4.28. The topological polar surface area (TPSA) is 72.2 Å². The first-order valence-corrected chi connectivity index (χ1v) is 8.78. The Morgan fingerprint density at radius 2 is 2.14 bits per heavy atom. The summed E-state index contributed by atoms with van der Waals surface area (Å²) in [5, 5.41) is 0. The Morgan fingerprint density at radius 3 is 2.71 bits per heavy atom. The van der Waals surface area contributed by atoms with Crippen LogP contribution in [0.25, 0.3) is 0 Å². The lowest BCUT2D eigenvalue weighted by Crippen LogP contribution is -2.41. The molecular formula is C16H22N2O2S. The van der Waals surface area contributed by atoms with Gasteiger partial charge < -0.3 is 5.73 Å². The van der Waals surface area contributed by atoms with Crippen LogP contribution in [0.2, 0.25) is 0 Å². The molecule has 1 aliphatic rings. The van der Waals surface area contributed by atoms with E-state index in [1.807, 2.05) is 0 Å². The molecule has 0 aliphatic heterocycles. The van der Waals surface area contributed by atoms with Gasteiger partial charge in [0.15, 0.2) is 0 Å². The molecule has 0 atom stereocenters. The average Bonchev–Trinajstić information content (AvgIpc) is 2.45. The average molecular weight is 306 g/mol. The normalized spacial score (nSPS) is 16.7. The van der Waals surface area contributed by atoms with E-state index in [0.29, 0.717) is 12.1 Å². The van der Waals surface area contributed by atoms with Crippen molar-refractivity contribution in [1.29, 1.82) is 0 Å². The van der Waals surface area contributed by atoms with Crippen molar-refractivity contribution in [3.8, 4) is 11.8 Å². The molecule has 0 bridgehead atoms. The fourth-order valence-corrected chi connectivity index (χ4v) is 3.76. The molecule has 2 rings (SSSR count). The number of benzene rings is 1. The smallest absolute Gasteiger partial charge is 0.240 e. The second-order valence-corrected chi connectivity index (χ2v) is 7.33. The summed E-state index contributed by atoms with van der Waals surface area (Å²) in [7, 11) is -3.48. The van der Waals surface area contributed by atoms with Gasteiger partial charge in [-0.15, -0.1) is 0 Å². The number of hydrogen-bond donors (Lipinski definition) is 2. The van der Waals surface area contributed by atoms with Gasteiger partial charge in [0.1, 0.15) is 0 Å². The van der Waals surface area contributed by atoms with Gasteiger partial charge >= 0.3 is 0 Å². The van der Waals surface area contributed by atoms with E-state index in [4.69, 9.17) is 5.73 Å². The number of nitrogens with one attached hydrogen (secondary N) is 1. The van der Waals surface area contributed by atoms with Gasteiger partial charge in [0.2, 0.25) is 10.0 Å². The second kappa shape index (κ2) is 6.61. The Kier molecular flexibility index (Phi) is 5.04. The third kappa shape index (κ3) is 3.85. The highest BCUT2D eigenvalue weighted by Crippen LogP contribution is 2.43. The van der Waals surface area contributed by atoms with Crippen molar-refractivity contribution in [3.05, 3.63) is 29.8 Å². The van der Waals surface area contributed by atoms with E-state index in [2.05, 4.69) is 23.5 Å². The minimum atomic E-state index is -3.48. The Balaban J connectivity index is 2.12. The molecule has 1 saturated carbocycles. The summed E-state index contributed by atoms with van der Waals surface area (Å²) in [6.07, 6.45) is 4.42.